The van der Waals surface area contributed by atoms with Crippen LogP contribution in [-0.4, -0.2) is 20.4 Å². The molecule has 0 saturated carbocycles. The molecule has 46 heavy (non-hydrogen) atoms. The van der Waals surface area contributed by atoms with Crippen LogP contribution >= 0.6 is 115 Å². The van der Waals surface area contributed by atoms with Gasteiger partial charge in [0.05, 0.1) is 45.7 Å². The van der Waals surface area contributed by atoms with Crippen LogP contribution in [0.2, 0.25) is 40.2 Å². The molecule has 0 aliphatic heterocycles. The number of nitrogens with zero attached hydrogens (tertiary/aromatic N) is 4. The van der Waals surface area contributed by atoms with Gasteiger partial charge in [0, 0.05) is 39.9 Å². The maximum atomic E-state index is 7.10. The summed E-state index contributed by atoms with van der Waals surface area (Å²) in [4.78, 5) is 0. The lowest BCUT2D eigenvalue weighted by Gasteiger charge is -2.19. The van der Waals surface area contributed by atoms with Crippen LogP contribution in [0.25, 0.3) is 42.7 Å². The van der Waals surface area contributed by atoms with Crippen molar-refractivity contribution in [1.29, 1.82) is 0 Å². The minimum atomic E-state index is 0.113. The summed E-state index contributed by atoms with van der Waals surface area (Å²) >= 11 is 58.6. The van der Waals surface area contributed by atoms with E-state index in [1.165, 1.54) is 61.2 Å². The molecule has 14 heteroatoms. The molecule has 0 N–H and O–H groups in total. The van der Waals surface area contributed by atoms with Crippen molar-refractivity contribution in [2.75, 3.05) is 0 Å². The average molecular weight is 818 g/mol. The number of hydrogen-bond acceptors (Lipinski definition) is 6. The van der Waals surface area contributed by atoms with Crippen LogP contribution in [0, 0.1) is 0 Å². The lowest BCUT2D eigenvalue weighted by atomic mass is 9.96. The van der Waals surface area contributed by atoms with Crippen molar-refractivity contribution in [3.63, 3.8) is 0 Å². The van der Waals surface area contributed by atoms with E-state index in [0.29, 0.717) is 42.7 Å². The van der Waals surface area contributed by atoms with Gasteiger partial charge in [0.15, 0.2) is 5.01 Å². The van der Waals surface area contributed by atoms with Crippen LogP contribution in [0.15, 0.2) is 0 Å². The Morgan fingerprint density at radius 1 is 0.391 bits per heavy atom. The molecule has 5 aromatic rings. The number of rotatable bonds is 14. The van der Waals surface area contributed by atoms with Gasteiger partial charge in [-0.3, -0.25) is 0 Å². The zero-order valence-electron chi connectivity index (χ0n) is 25.1. The zero-order chi connectivity index (χ0) is 33.1. The minimum Gasteiger partial charge on any atom is -0.143 e. The lowest BCUT2D eigenvalue weighted by molar-refractivity contribution is 0.630. The van der Waals surface area contributed by atoms with E-state index in [2.05, 4.69) is 34.2 Å². The highest BCUT2D eigenvalue weighted by molar-refractivity contribution is 7.15. The van der Waals surface area contributed by atoms with E-state index in [0.717, 1.165) is 48.5 Å². The van der Waals surface area contributed by atoms with Gasteiger partial charge < -0.3 is 0 Å². The molecular formula is C32H30Cl8N4S2. The van der Waals surface area contributed by atoms with Crippen LogP contribution in [0.3, 0.4) is 0 Å². The molecule has 0 fully saturated rings. The number of benzene rings is 3. The second kappa shape index (κ2) is 16.6. The number of aromatic nitrogens is 4. The van der Waals surface area contributed by atoms with E-state index in [9.17, 15) is 0 Å². The number of unbranched alkanes of at least 4 members (excludes halogenated alkanes) is 8. The Bertz CT molecular complexity index is 1890. The average Bonchev–Trinajstić information content (AvgIpc) is 3.70. The second-order valence-corrected chi connectivity index (χ2v) is 16.2. The SMILES string of the molecule is CCCCCCCc1nnc(-c2c(Cl)c(Cl)c3c(c2Cl)c(Cl)c(Cl)c2c(-c4nnc(CCCCCCC)s4)c(Cl)c(Cl)c(Cl)c23)s1. The van der Waals surface area contributed by atoms with Gasteiger partial charge in [-0.2, -0.15) is 0 Å². The molecule has 0 aliphatic carbocycles. The topological polar surface area (TPSA) is 51.6 Å². The van der Waals surface area contributed by atoms with Gasteiger partial charge in [-0.05, 0) is 12.8 Å². The molecule has 0 saturated heterocycles. The Balaban J connectivity index is 1.64. The molecule has 0 bridgehead atoms. The third-order valence-corrected chi connectivity index (χ3v) is 13.3. The first-order chi connectivity index (χ1) is 22.1. The summed E-state index contributed by atoms with van der Waals surface area (Å²) in [5.74, 6) is 0. The van der Waals surface area contributed by atoms with E-state index in [4.69, 9.17) is 92.8 Å². The number of hydrogen-bond donors (Lipinski definition) is 0. The maximum absolute atomic E-state index is 7.10. The Labute approximate surface area is 317 Å². The monoisotopic (exact) mass is 814 g/mol. The van der Waals surface area contributed by atoms with Crippen molar-refractivity contribution < 1.29 is 0 Å². The molecule has 5 rings (SSSR count). The van der Waals surface area contributed by atoms with Gasteiger partial charge in [-0.15, -0.1) is 20.4 Å². The Kier molecular flexibility index (Phi) is 13.3. The predicted molar refractivity (Wildman–Crippen MR) is 204 cm³/mol. The lowest BCUT2D eigenvalue weighted by Crippen LogP contribution is -1.94. The number of aryl methyl sites for hydroxylation is 2. The number of halogens is 8. The van der Waals surface area contributed by atoms with E-state index in [1.807, 2.05) is 0 Å². The molecule has 2 heterocycles. The van der Waals surface area contributed by atoms with Gasteiger partial charge >= 0.3 is 0 Å². The summed E-state index contributed by atoms with van der Waals surface area (Å²) in [6, 6.07) is 0. The van der Waals surface area contributed by atoms with Crippen molar-refractivity contribution >= 4 is 137 Å². The van der Waals surface area contributed by atoms with E-state index >= 15 is 0 Å². The van der Waals surface area contributed by atoms with E-state index in [-0.39, 0.29) is 40.2 Å². The maximum Gasteiger partial charge on any atom is 0.150 e. The molecular weight excluding hydrogens is 788 g/mol. The highest BCUT2D eigenvalue weighted by Gasteiger charge is 2.30. The Morgan fingerprint density at radius 2 is 0.804 bits per heavy atom. The summed E-state index contributed by atoms with van der Waals surface area (Å²) in [7, 11) is 0. The molecule has 0 atom stereocenters. The summed E-state index contributed by atoms with van der Waals surface area (Å²) in [6.07, 6.45) is 13.2. The molecule has 0 amide bonds. The Hall–Kier alpha value is -0.380. The molecule has 3 aromatic carbocycles. The fourth-order valence-electron chi connectivity index (χ4n) is 5.49. The molecule has 0 spiro atoms. The van der Waals surface area contributed by atoms with Gasteiger partial charge in [0.25, 0.3) is 0 Å². The van der Waals surface area contributed by atoms with Crippen molar-refractivity contribution in [3.8, 4) is 21.1 Å². The van der Waals surface area contributed by atoms with E-state index in [1.54, 1.807) is 0 Å². The summed E-state index contributed by atoms with van der Waals surface area (Å²) < 4.78 is 0. The van der Waals surface area contributed by atoms with Gasteiger partial charge in [-0.25, -0.2) is 0 Å². The summed E-state index contributed by atoms with van der Waals surface area (Å²) in [5, 5.41) is 23.5. The fraction of sp³-hybridized carbons (Fsp3) is 0.438. The predicted octanol–water partition coefficient (Wildman–Crippen LogP) is 15.3. The zero-order valence-corrected chi connectivity index (χ0v) is 32.8. The number of fused-ring (bicyclic) bond motifs is 3. The fourth-order valence-corrected chi connectivity index (χ4v) is 9.94. The van der Waals surface area contributed by atoms with Gasteiger partial charge in [0.1, 0.15) is 15.0 Å². The van der Waals surface area contributed by atoms with Gasteiger partial charge in [0.2, 0.25) is 0 Å². The second-order valence-electron chi connectivity index (χ2n) is 11.1. The van der Waals surface area contributed by atoms with Crippen molar-refractivity contribution in [2.45, 2.75) is 90.9 Å². The molecule has 0 radical (unpaired) electrons. The van der Waals surface area contributed by atoms with E-state index < -0.39 is 0 Å². The molecule has 246 valence electrons. The van der Waals surface area contributed by atoms with Crippen LogP contribution in [0.5, 0.6) is 0 Å². The summed E-state index contributed by atoms with van der Waals surface area (Å²) in [5.41, 5.74) is 0.895. The largest absolute Gasteiger partial charge is 0.150 e. The standard InChI is InChI=1S/C32H30Cl8N4S2/c1-3-5-7-9-11-13-15-41-43-31(45-15)21-19-17(26(36)30(40)28(21)38)18-20(27(37)25(19)35)23(33)22(29(39)24(18)34)32-44-42-16(46-32)14-12-10-8-6-4-2/h3-14H2,1-2H3. The smallest absolute Gasteiger partial charge is 0.143 e. The first kappa shape index (κ1) is 36.9. The van der Waals surface area contributed by atoms with Crippen LogP contribution < -0.4 is 0 Å². The molecule has 0 aliphatic rings. The van der Waals surface area contributed by atoms with Crippen molar-refractivity contribution in [1.82, 2.24) is 20.4 Å². The van der Waals surface area contributed by atoms with Crippen LogP contribution in [0.1, 0.15) is 88.1 Å². The quantitative estimate of drug-likeness (QED) is 0.0485. The van der Waals surface area contributed by atoms with Crippen LogP contribution in [0.4, 0.5) is 0 Å². The summed E-state index contributed by atoms with van der Waals surface area (Å²) in [6.45, 7) is 4.39. The first-order valence-corrected chi connectivity index (χ1v) is 19.9. The van der Waals surface area contributed by atoms with Crippen molar-refractivity contribution in [3.05, 3.63) is 50.2 Å². The van der Waals surface area contributed by atoms with Gasteiger partial charge in [-0.1, -0.05) is 181 Å². The van der Waals surface area contributed by atoms with Crippen molar-refractivity contribution in [2.24, 2.45) is 0 Å². The molecule has 4 nitrogen and oxygen atoms in total. The highest BCUT2D eigenvalue weighted by Crippen LogP contribution is 2.57. The third-order valence-electron chi connectivity index (χ3n) is 7.88. The molecule has 0 unspecified atom stereocenters. The normalized spacial score (nSPS) is 11.9. The minimum absolute atomic E-state index is 0.113. The Morgan fingerprint density at radius 3 is 1.35 bits per heavy atom. The first-order valence-electron chi connectivity index (χ1n) is 15.2. The third kappa shape index (κ3) is 7.38. The molecule has 2 aromatic heterocycles. The highest BCUT2D eigenvalue weighted by atomic mass is 35.5. The van der Waals surface area contributed by atoms with Crippen LogP contribution in [-0.2, 0) is 12.8 Å².